The van der Waals surface area contributed by atoms with Crippen LogP contribution in [0.1, 0.15) is 52.8 Å². The molecule has 25 heavy (non-hydrogen) atoms. The Morgan fingerprint density at radius 3 is 2.36 bits per heavy atom. The molecule has 0 aromatic heterocycles. The van der Waals surface area contributed by atoms with Crippen LogP contribution in [0.15, 0.2) is 24.3 Å². The summed E-state index contributed by atoms with van der Waals surface area (Å²) in [5.74, 6) is 4.53. The third kappa shape index (κ3) is 3.16. The standard InChI is InChI=1S/C21H23NO3/c1-2-6-22-20(23)15-4-3-5-16(12-15)21(24)25-19-17-8-13-7-14(10-17)11-18(19)9-13/h1,3-5,12-14,17-19H,6-11H2,(H,22,23). The van der Waals surface area contributed by atoms with E-state index in [2.05, 4.69) is 11.2 Å². The Kier molecular flexibility index (Phi) is 4.25. The van der Waals surface area contributed by atoms with Gasteiger partial charge in [-0.3, -0.25) is 4.79 Å². The van der Waals surface area contributed by atoms with E-state index in [4.69, 9.17) is 11.2 Å². The van der Waals surface area contributed by atoms with Crippen molar-refractivity contribution >= 4 is 11.9 Å². The van der Waals surface area contributed by atoms with Gasteiger partial charge in [-0.05, 0) is 74.0 Å². The van der Waals surface area contributed by atoms with Gasteiger partial charge in [-0.2, -0.15) is 0 Å². The molecule has 0 aliphatic heterocycles. The molecule has 4 bridgehead atoms. The quantitative estimate of drug-likeness (QED) is 0.679. The number of esters is 1. The Hall–Kier alpha value is -2.28. The molecule has 0 saturated heterocycles. The minimum atomic E-state index is -0.316. The summed E-state index contributed by atoms with van der Waals surface area (Å²) in [4.78, 5) is 24.6. The molecular formula is C21H23NO3. The molecule has 4 aliphatic rings. The summed E-state index contributed by atoms with van der Waals surface area (Å²) in [6.07, 6.45) is 11.4. The summed E-state index contributed by atoms with van der Waals surface area (Å²) in [6.45, 7) is 0.168. The van der Waals surface area contributed by atoms with Gasteiger partial charge in [0.2, 0.25) is 0 Å². The molecule has 130 valence electrons. The molecule has 4 aliphatic carbocycles. The van der Waals surface area contributed by atoms with E-state index in [1.807, 2.05) is 0 Å². The van der Waals surface area contributed by atoms with Crippen LogP contribution < -0.4 is 5.32 Å². The van der Waals surface area contributed by atoms with Gasteiger partial charge in [0.05, 0.1) is 12.1 Å². The molecule has 1 amide bonds. The maximum Gasteiger partial charge on any atom is 0.338 e. The lowest BCUT2D eigenvalue weighted by Gasteiger charge is -2.53. The van der Waals surface area contributed by atoms with Crippen molar-refractivity contribution in [2.45, 2.75) is 38.2 Å². The lowest BCUT2D eigenvalue weighted by molar-refractivity contribution is -0.101. The molecule has 1 N–H and O–H groups in total. The molecule has 0 spiro atoms. The normalized spacial score (nSPS) is 32.0. The van der Waals surface area contributed by atoms with E-state index in [0.29, 0.717) is 23.0 Å². The Morgan fingerprint density at radius 1 is 1.08 bits per heavy atom. The molecule has 1 aromatic carbocycles. The molecular weight excluding hydrogens is 314 g/mol. The highest BCUT2D eigenvalue weighted by Crippen LogP contribution is 2.54. The number of amides is 1. The van der Waals surface area contributed by atoms with Crippen molar-refractivity contribution < 1.29 is 14.3 Å². The van der Waals surface area contributed by atoms with Crippen LogP contribution >= 0.6 is 0 Å². The van der Waals surface area contributed by atoms with Crippen molar-refractivity contribution in [1.82, 2.24) is 5.32 Å². The Balaban J connectivity index is 1.45. The van der Waals surface area contributed by atoms with Crippen molar-refractivity contribution in [2.75, 3.05) is 6.54 Å². The zero-order chi connectivity index (χ0) is 17.4. The molecule has 4 nitrogen and oxygen atoms in total. The first-order valence-electron chi connectivity index (χ1n) is 9.16. The summed E-state index contributed by atoms with van der Waals surface area (Å²) >= 11 is 0. The fourth-order valence-corrected chi connectivity index (χ4v) is 5.28. The average Bonchev–Trinajstić information content (AvgIpc) is 2.62. The summed E-state index contributed by atoms with van der Waals surface area (Å²) in [6, 6.07) is 6.67. The van der Waals surface area contributed by atoms with E-state index in [1.165, 1.54) is 32.1 Å². The number of hydrogen-bond donors (Lipinski definition) is 1. The van der Waals surface area contributed by atoms with Crippen LogP contribution in [0.25, 0.3) is 0 Å². The number of carbonyl (C=O) groups excluding carboxylic acids is 2. The van der Waals surface area contributed by atoms with Crippen molar-refractivity contribution in [2.24, 2.45) is 23.7 Å². The van der Waals surface area contributed by atoms with E-state index in [9.17, 15) is 9.59 Å². The number of hydrogen-bond acceptors (Lipinski definition) is 3. The third-order valence-corrected chi connectivity index (χ3v) is 6.09. The third-order valence-electron chi connectivity index (χ3n) is 6.09. The molecule has 4 saturated carbocycles. The Bertz CT molecular complexity index is 705. The van der Waals surface area contributed by atoms with Crippen molar-refractivity contribution in [3.05, 3.63) is 35.4 Å². The lowest BCUT2D eigenvalue weighted by Crippen LogP contribution is -2.50. The number of terminal acetylenes is 1. The van der Waals surface area contributed by atoms with E-state index in [0.717, 1.165) is 11.8 Å². The summed E-state index contributed by atoms with van der Waals surface area (Å²) in [5, 5.41) is 2.61. The minimum absolute atomic E-state index is 0.0548. The van der Waals surface area contributed by atoms with E-state index in [-0.39, 0.29) is 24.5 Å². The van der Waals surface area contributed by atoms with Crippen LogP contribution in [0.2, 0.25) is 0 Å². The number of benzene rings is 1. The average molecular weight is 337 g/mol. The monoisotopic (exact) mass is 337 g/mol. The molecule has 1 aromatic rings. The van der Waals surface area contributed by atoms with Gasteiger partial charge in [0.15, 0.2) is 0 Å². The van der Waals surface area contributed by atoms with Crippen molar-refractivity contribution in [3.63, 3.8) is 0 Å². The summed E-state index contributed by atoms with van der Waals surface area (Å²) < 4.78 is 5.93. The highest BCUT2D eigenvalue weighted by Gasteiger charge is 2.49. The Morgan fingerprint density at radius 2 is 1.72 bits per heavy atom. The van der Waals surface area contributed by atoms with Gasteiger partial charge >= 0.3 is 5.97 Å². The maximum atomic E-state index is 12.6. The van der Waals surface area contributed by atoms with Crippen molar-refractivity contribution in [3.8, 4) is 12.3 Å². The second-order valence-electron chi connectivity index (χ2n) is 7.77. The van der Waals surface area contributed by atoms with Gasteiger partial charge in [-0.1, -0.05) is 12.0 Å². The second-order valence-corrected chi connectivity index (χ2v) is 7.77. The summed E-state index contributed by atoms with van der Waals surface area (Å²) in [7, 11) is 0. The maximum absolute atomic E-state index is 12.6. The molecule has 4 heteroatoms. The highest BCUT2D eigenvalue weighted by molar-refractivity contribution is 5.98. The number of ether oxygens (including phenoxy) is 1. The predicted octanol–water partition coefficient (Wildman–Crippen LogP) is 3.03. The van der Waals surface area contributed by atoms with Crippen LogP contribution in [0.4, 0.5) is 0 Å². The van der Waals surface area contributed by atoms with Gasteiger partial charge in [-0.15, -0.1) is 6.42 Å². The van der Waals surface area contributed by atoms with Gasteiger partial charge in [0.1, 0.15) is 6.10 Å². The molecule has 0 heterocycles. The second kappa shape index (κ2) is 6.55. The van der Waals surface area contributed by atoms with Gasteiger partial charge in [-0.25, -0.2) is 4.79 Å². The zero-order valence-electron chi connectivity index (χ0n) is 14.2. The van der Waals surface area contributed by atoms with Crippen LogP contribution in [0.3, 0.4) is 0 Å². The zero-order valence-corrected chi connectivity index (χ0v) is 14.2. The highest BCUT2D eigenvalue weighted by atomic mass is 16.5. The number of nitrogens with one attached hydrogen (secondary N) is 1. The van der Waals surface area contributed by atoms with Crippen LogP contribution in [0, 0.1) is 36.0 Å². The lowest BCUT2D eigenvalue weighted by atomic mass is 9.55. The van der Waals surface area contributed by atoms with Gasteiger partial charge in [0, 0.05) is 5.56 Å². The van der Waals surface area contributed by atoms with Gasteiger partial charge < -0.3 is 10.1 Å². The molecule has 4 fully saturated rings. The Labute approximate surface area is 148 Å². The van der Waals surface area contributed by atoms with E-state index >= 15 is 0 Å². The van der Waals surface area contributed by atoms with Crippen molar-refractivity contribution in [1.29, 1.82) is 0 Å². The van der Waals surface area contributed by atoms with Crippen LogP contribution in [0.5, 0.6) is 0 Å². The molecule has 5 rings (SSSR count). The topological polar surface area (TPSA) is 55.4 Å². The number of carbonyl (C=O) groups is 2. The molecule has 0 radical (unpaired) electrons. The molecule has 0 atom stereocenters. The fraction of sp³-hybridized carbons (Fsp3) is 0.524. The molecule has 0 unspecified atom stereocenters. The first-order chi connectivity index (χ1) is 12.1. The summed E-state index contributed by atoms with van der Waals surface area (Å²) in [5.41, 5.74) is 0.858. The van der Waals surface area contributed by atoms with Crippen LogP contribution in [-0.4, -0.2) is 24.5 Å². The minimum Gasteiger partial charge on any atom is -0.458 e. The van der Waals surface area contributed by atoms with Gasteiger partial charge in [0.25, 0.3) is 5.91 Å². The largest absolute Gasteiger partial charge is 0.458 e. The van der Waals surface area contributed by atoms with E-state index in [1.54, 1.807) is 24.3 Å². The predicted molar refractivity (Wildman–Crippen MR) is 93.9 cm³/mol. The van der Waals surface area contributed by atoms with Crippen LogP contribution in [-0.2, 0) is 4.74 Å². The fourth-order valence-electron chi connectivity index (χ4n) is 5.28. The smallest absolute Gasteiger partial charge is 0.338 e. The number of rotatable bonds is 4. The SMILES string of the molecule is C#CCNC(=O)c1cccc(C(=O)OC2C3CC4CC(C3)CC2C4)c1. The van der Waals surface area contributed by atoms with E-state index < -0.39 is 0 Å². The first kappa shape index (κ1) is 16.2. The first-order valence-corrected chi connectivity index (χ1v) is 9.16.